The maximum atomic E-state index is 11.6. The van der Waals surface area contributed by atoms with Crippen molar-refractivity contribution in [2.75, 3.05) is 27.2 Å². The van der Waals surface area contributed by atoms with E-state index in [9.17, 15) is 14.9 Å². The zero-order chi connectivity index (χ0) is 16.1. The van der Waals surface area contributed by atoms with Gasteiger partial charge in [-0.05, 0) is 32.3 Å². The van der Waals surface area contributed by atoms with Crippen LogP contribution in [0.25, 0.3) is 6.08 Å². The summed E-state index contributed by atoms with van der Waals surface area (Å²) in [5.74, 6) is -0.00105. The Balaban J connectivity index is 1.87. The monoisotopic (exact) mass is 308 g/mol. The average Bonchev–Trinajstić information content (AvgIpc) is 3.01. The van der Waals surface area contributed by atoms with Crippen molar-refractivity contribution in [3.63, 3.8) is 0 Å². The summed E-state index contributed by atoms with van der Waals surface area (Å²) < 4.78 is 10.1. The average molecular weight is 308 g/mol. The lowest BCUT2D eigenvalue weighted by Crippen LogP contribution is -2.28. The Morgan fingerprint density at radius 1 is 1.55 bits per heavy atom. The molecule has 1 fully saturated rings. The summed E-state index contributed by atoms with van der Waals surface area (Å²) >= 11 is 0. The number of carbonyl (C=O) groups excluding carboxylic acids is 1. The van der Waals surface area contributed by atoms with Gasteiger partial charge in [-0.3, -0.25) is 10.1 Å². The topological polar surface area (TPSA) is 101 Å². The largest absolute Gasteiger partial charge is 0.441 e. The smallest absolute Gasteiger partial charge is 0.433 e. The fourth-order valence-corrected chi connectivity index (χ4v) is 1.89. The number of hydrazone groups is 1. The van der Waals surface area contributed by atoms with Gasteiger partial charge in [-0.15, -0.1) is 0 Å². The molecule has 1 aliphatic heterocycles. The van der Waals surface area contributed by atoms with Crippen LogP contribution in [0.1, 0.15) is 5.76 Å². The molecule has 1 aromatic heterocycles. The van der Waals surface area contributed by atoms with Crippen LogP contribution in [0.5, 0.6) is 0 Å². The molecule has 1 aromatic rings. The Bertz CT molecular complexity index is 607. The minimum atomic E-state index is -0.615. The first-order valence-corrected chi connectivity index (χ1v) is 6.53. The number of likely N-dealkylation sites (N-methyl/N-ethyl adjacent to an activating group) is 1. The van der Waals surface area contributed by atoms with E-state index in [1.807, 2.05) is 19.0 Å². The molecule has 1 amide bonds. The predicted octanol–water partition coefficient (Wildman–Crippen LogP) is 1.57. The molecule has 0 radical (unpaired) electrons. The molecule has 1 aliphatic rings. The molecular formula is C13H16N4O5. The highest BCUT2D eigenvalue weighted by molar-refractivity contribution is 5.79. The summed E-state index contributed by atoms with van der Waals surface area (Å²) in [6.07, 6.45) is 3.72. The second-order valence-corrected chi connectivity index (χ2v) is 4.91. The zero-order valence-electron chi connectivity index (χ0n) is 12.2. The van der Waals surface area contributed by atoms with Crippen LogP contribution in [0.3, 0.4) is 0 Å². The van der Waals surface area contributed by atoms with Gasteiger partial charge in [0.15, 0.2) is 0 Å². The summed E-state index contributed by atoms with van der Waals surface area (Å²) in [6.45, 7) is 1.01. The third kappa shape index (κ3) is 4.16. The van der Waals surface area contributed by atoms with Crippen molar-refractivity contribution in [3.05, 3.63) is 34.1 Å². The van der Waals surface area contributed by atoms with Gasteiger partial charge < -0.3 is 14.1 Å². The molecule has 0 aliphatic carbocycles. The zero-order valence-corrected chi connectivity index (χ0v) is 12.2. The van der Waals surface area contributed by atoms with Gasteiger partial charge in [-0.25, -0.2) is 4.79 Å². The van der Waals surface area contributed by atoms with Crippen LogP contribution in [-0.4, -0.2) is 60.4 Å². The Hall–Kier alpha value is -2.68. The van der Waals surface area contributed by atoms with Gasteiger partial charge in [0.25, 0.3) is 0 Å². The molecular weight excluding hydrogens is 292 g/mol. The molecule has 2 heterocycles. The SMILES string of the molecule is CN(C)C[C@@H]1CN(/N=C\C=C/c2ccc([N+](=O)[O-])o2)C(=O)O1. The Morgan fingerprint density at radius 2 is 2.32 bits per heavy atom. The number of nitro groups is 1. The van der Waals surface area contributed by atoms with Crippen LogP contribution in [0.4, 0.5) is 10.7 Å². The third-order valence-corrected chi connectivity index (χ3v) is 2.77. The van der Waals surface area contributed by atoms with Gasteiger partial charge in [-0.2, -0.15) is 10.1 Å². The van der Waals surface area contributed by atoms with E-state index in [1.165, 1.54) is 35.5 Å². The van der Waals surface area contributed by atoms with Crippen molar-refractivity contribution in [2.45, 2.75) is 6.10 Å². The van der Waals surface area contributed by atoms with Crippen molar-refractivity contribution in [1.29, 1.82) is 0 Å². The minimum Gasteiger partial charge on any atom is -0.441 e. The Kier molecular flexibility index (Phi) is 4.89. The highest BCUT2D eigenvalue weighted by Gasteiger charge is 2.31. The van der Waals surface area contributed by atoms with Crippen LogP contribution in [0, 0.1) is 10.1 Å². The lowest BCUT2D eigenvalue weighted by Gasteiger charge is -2.13. The fourth-order valence-electron chi connectivity index (χ4n) is 1.89. The first kappa shape index (κ1) is 15.7. The van der Waals surface area contributed by atoms with Gasteiger partial charge >= 0.3 is 12.0 Å². The molecule has 0 bridgehead atoms. The molecule has 0 aromatic carbocycles. The van der Waals surface area contributed by atoms with Gasteiger partial charge in [0.1, 0.15) is 16.8 Å². The van der Waals surface area contributed by atoms with Crippen molar-refractivity contribution in [1.82, 2.24) is 9.91 Å². The second kappa shape index (κ2) is 6.85. The molecule has 22 heavy (non-hydrogen) atoms. The first-order valence-electron chi connectivity index (χ1n) is 6.53. The maximum absolute atomic E-state index is 11.6. The van der Waals surface area contributed by atoms with Gasteiger partial charge in [0, 0.05) is 12.8 Å². The third-order valence-electron chi connectivity index (χ3n) is 2.77. The molecule has 9 nitrogen and oxygen atoms in total. The predicted molar refractivity (Wildman–Crippen MR) is 78.4 cm³/mol. The molecule has 0 N–H and O–H groups in total. The summed E-state index contributed by atoms with van der Waals surface area (Å²) in [4.78, 5) is 23.3. The van der Waals surface area contributed by atoms with Crippen LogP contribution < -0.4 is 0 Å². The number of rotatable bonds is 6. The van der Waals surface area contributed by atoms with Crippen LogP contribution >= 0.6 is 0 Å². The normalized spacial score (nSPS) is 18.8. The van der Waals surface area contributed by atoms with Crippen molar-refractivity contribution in [3.8, 4) is 0 Å². The summed E-state index contributed by atoms with van der Waals surface area (Å²) in [6, 6.07) is 2.74. The van der Waals surface area contributed by atoms with Crippen LogP contribution in [0.15, 0.2) is 27.7 Å². The van der Waals surface area contributed by atoms with E-state index in [1.54, 1.807) is 0 Å². The first-order chi connectivity index (χ1) is 10.5. The van der Waals surface area contributed by atoms with E-state index >= 15 is 0 Å². The number of carbonyl (C=O) groups is 1. The van der Waals surface area contributed by atoms with E-state index in [-0.39, 0.29) is 12.0 Å². The highest BCUT2D eigenvalue weighted by atomic mass is 16.6. The highest BCUT2D eigenvalue weighted by Crippen LogP contribution is 2.16. The van der Waals surface area contributed by atoms with Gasteiger partial charge in [0.05, 0.1) is 12.6 Å². The molecule has 1 saturated heterocycles. The van der Waals surface area contributed by atoms with Gasteiger partial charge in [0.2, 0.25) is 0 Å². The van der Waals surface area contributed by atoms with E-state index in [0.29, 0.717) is 18.8 Å². The van der Waals surface area contributed by atoms with E-state index in [0.717, 1.165) is 0 Å². The maximum Gasteiger partial charge on any atom is 0.433 e. The summed E-state index contributed by atoms with van der Waals surface area (Å²) in [5.41, 5.74) is 0. The number of nitrogens with zero attached hydrogens (tertiary/aromatic N) is 4. The molecule has 2 rings (SSSR count). The number of ether oxygens (including phenoxy) is 1. The minimum absolute atomic E-state index is 0.212. The summed E-state index contributed by atoms with van der Waals surface area (Å²) in [7, 11) is 3.79. The van der Waals surface area contributed by atoms with Crippen molar-refractivity contribution >= 4 is 24.3 Å². The van der Waals surface area contributed by atoms with Crippen molar-refractivity contribution < 1.29 is 18.9 Å². The standard InChI is InChI=1S/C13H16N4O5/c1-15(2)8-11-9-16(13(18)22-11)14-7-3-4-10-5-6-12(21-10)17(19)20/h3-7,11H,8-9H2,1-2H3/b4-3-,14-7-/t11-/m1/s1. The fraction of sp³-hybridized carbons (Fsp3) is 0.385. The van der Waals surface area contributed by atoms with Crippen molar-refractivity contribution in [2.24, 2.45) is 5.10 Å². The number of cyclic esters (lactones) is 1. The quantitative estimate of drug-likeness (QED) is 0.449. The molecule has 0 spiro atoms. The lowest BCUT2D eigenvalue weighted by atomic mass is 10.3. The molecule has 9 heteroatoms. The Morgan fingerprint density at radius 3 is 2.95 bits per heavy atom. The number of furan rings is 1. The van der Waals surface area contributed by atoms with Crippen LogP contribution in [-0.2, 0) is 4.74 Å². The second-order valence-electron chi connectivity index (χ2n) is 4.91. The molecule has 1 atom stereocenters. The van der Waals surface area contributed by atoms with Gasteiger partial charge in [-0.1, -0.05) is 0 Å². The Labute approximate surface area is 126 Å². The molecule has 0 unspecified atom stereocenters. The number of amides is 1. The number of hydrogen-bond acceptors (Lipinski definition) is 7. The van der Waals surface area contributed by atoms with E-state index in [2.05, 4.69) is 5.10 Å². The van der Waals surface area contributed by atoms with E-state index in [4.69, 9.17) is 9.15 Å². The lowest BCUT2D eigenvalue weighted by molar-refractivity contribution is -0.402. The number of allylic oxidation sites excluding steroid dienone is 1. The van der Waals surface area contributed by atoms with E-state index < -0.39 is 11.0 Å². The summed E-state index contributed by atoms with van der Waals surface area (Å²) in [5, 5.41) is 15.7. The van der Waals surface area contributed by atoms with Crippen LogP contribution in [0.2, 0.25) is 0 Å². The molecule has 0 saturated carbocycles. The number of hydrogen-bond donors (Lipinski definition) is 0. The molecule has 118 valence electrons.